The summed E-state index contributed by atoms with van der Waals surface area (Å²) in [7, 11) is 7.61. The molecule has 0 N–H and O–H groups in total. The quantitative estimate of drug-likeness (QED) is 0.138. The minimum atomic E-state index is 0. The molecule has 0 aliphatic rings. The predicted octanol–water partition coefficient (Wildman–Crippen LogP) is 21.4. The lowest BCUT2D eigenvalue weighted by atomic mass is 9.79. The van der Waals surface area contributed by atoms with Crippen LogP contribution in [0.4, 0.5) is 0 Å². The monoisotopic (exact) mass is 1250 g/mol. The van der Waals surface area contributed by atoms with Gasteiger partial charge >= 0.3 is 0 Å². The maximum absolute atomic E-state index is 4.84. The number of fused-ring (bicyclic) bond motifs is 13. The Kier molecular flexibility index (Phi) is 20.2. The number of aryl methyl sites for hydroxylation is 20. The summed E-state index contributed by atoms with van der Waals surface area (Å²) < 4.78 is 0. The van der Waals surface area contributed by atoms with Gasteiger partial charge in [-0.05, 0) is 352 Å². The van der Waals surface area contributed by atoms with Gasteiger partial charge in [-0.3, -0.25) is 0 Å². The minimum Gasteiger partial charge on any atom is -0.187 e. The van der Waals surface area contributed by atoms with Gasteiger partial charge in [-0.2, -0.15) is 60.0 Å². The number of benzene rings is 10. The predicted molar refractivity (Wildman–Crippen MR) is 407 cm³/mol. The van der Waals surface area contributed by atoms with E-state index in [1.165, 1.54) is 209 Å². The lowest BCUT2D eigenvalue weighted by Gasteiger charge is -2.24. The summed E-state index contributed by atoms with van der Waals surface area (Å²) >= 11 is 0. The standard InChI is InChI=1S/C25H27N3.C23H27N3.C17H21N3.C11H15N3.5CH4/c1-10-12(3)18-16(7)17(8)19-13(4)11(2)15(6)21-23(19)22(18)20(14(10)5)24-25(21)27-28(9)26-24;1-10-12(3)16(7)20-18(14(10)5)19-15(6)11(2)13(4)17(8)21(19)23-22(20)24-26(9)25-23;1-8-9(2)11(4)15-14(10(8)3)12(5)13(6)16-17(15)19-20(7)18-16;1-6-7(2)9(4)11-10(8(6)3)12-14(5)13-11;;;;;/h1-9H3;1-9H3;1-7H3;1-5H3;5*1H4. The van der Waals surface area contributed by atoms with Crippen molar-refractivity contribution in [2.45, 2.75) is 217 Å². The highest BCUT2D eigenvalue weighted by atomic mass is 15.5. The lowest BCUT2D eigenvalue weighted by Crippen LogP contribution is -2.02. The van der Waals surface area contributed by atoms with Crippen molar-refractivity contribution in [1.29, 1.82) is 0 Å². The Morgan fingerprint density at radius 3 is 0.505 bits per heavy atom. The fraction of sp³-hybridized carbons (Fsp3) is 0.432. The molecule has 4 aromatic heterocycles. The summed E-state index contributed by atoms with van der Waals surface area (Å²) in [6, 6.07) is 0. The molecule has 494 valence electrons. The Morgan fingerprint density at radius 2 is 0.247 bits per heavy atom. The first-order valence-electron chi connectivity index (χ1n) is 31.2. The van der Waals surface area contributed by atoms with Crippen LogP contribution in [0.3, 0.4) is 0 Å². The van der Waals surface area contributed by atoms with E-state index in [0.717, 1.165) is 44.1 Å². The summed E-state index contributed by atoms with van der Waals surface area (Å²) in [5, 5.41) is 53.2. The Hall–Kier alpha value is -8.38. The molecule has 0 amide bonds. The van der Waals surface area contributed by atoms with Crippen LogP contribution in [-0.2, 0) is 28.2 Å². The molecule has 14 rings (SSSR count). The average Bonchev–Trinajstić information content (AvgIpc) is 1.60. The van der Waals surface area contributed by atoms with Crippen molar-refractivity contribution in [3.8, 4) is 0 Å². The molecular formula is C81H110N12. The highest BCUT2D eigenvalue weighted by Gasteiger charge is 2.28. The molecule has 0 saturated carbocycles. The number of aromatic nitrogens is 12. The Morgan fingerprint density at radius 1 is 0.129 bits per heavy atom. The maximum atomic E-state index is 4.84. The van der Waals surface area contributed by atoms with Gasteiger partial charge in [0.1, 0.15) is 44.1 Å². The topological polar surface area (TPSA) is 123 Å². The molecular weight excluding hydrogens is 1140 g/mol. The van der Waals surface area contributed by atoms with Crippen molar-refractivity contribution >= 4 is 109 Å². The van der Waals surface area contributed by atoms with Gasteiger partial charge in [-0.1, -0.05) is 37.1 Å². The highest BCUT2D eigenvalue weighted by Crippen LogP contribution is 2.49. The summed E-state index contributed by atoms with van der Waals surface area (Å²) in [5.74, 6) is 0. The Bertz CT molecular complexity index is 5160. The fourth-order valence-corrected chi connectivity index (χ4v) is 15.1. The smallest absolute Gasteiger partial charge is 0.122 e. The lowest BCUT2D eigenvalue weighted by molar-refractivity contribution is 0.664. The van der Waals surface area contributed by atoms with Crippen molar-refractivity contribution < 1.29 is 0 Å². The van der Waals surface area contributed by atoms with Crippen LogP contribution in [0.15, 0.2) is 0 Å². The largest absolute Gasteiger partial charge is 0.187 e. The molecule has 0 fully saturated rings. The van der Waals surface area contributed by atoms with Crippen LogP contribution < -0.4 is 0 Å². The normalized spacial score (nSPS) is 11.3. The molecule has 0 unspecified atom stereocenters. The third-order valence-electron chi connectivity index (χ3n) is 22.4. The van der Waals surface area contributed by atoms with E-state index in [4.69, 9.17) is 20.4 Å². The fourth-order valence-electron chi connectivity index (χ4n) is 15.1. The van der Waals surface area contributed by atoms with Gasteiger partial charge in [0.25, 0.3) is 0 Å². The van der Waals surface area contributed by atoms with E-state index >= 15 is 0 Å². The molecule has 0 spiro atoms. The van der Waals surface area contributed by atoms with Crippen LogP contribution in [0.5, 0.6) is 0 Å². The first-order valence-corrected chi connectivity index (χ1v) is 31.2. The molecule has 0 aliphatic carbocycles. The molecule has 0 aliphatic heterocycles. The molecule has 0 atom stereocenters. The first kappa shape index (κ1) is 73.7. The number of hydrogen-bond donors (Lipinski definition) is 0. The van der Waals surface area contributed by atoms with Crippen molar-refractivity contribution in [3.63, 3.8) is 0 Å². The van der Waals surface area contributed by atoms with Gasteiger partial charge < -0.3 is 0 Å². The average molecular weight is 1250 g/mol. The van der Waals surface area contributed by atoms with E-state index in [0.29, 0.717) is 0 Å². The van der Waals surface area contributed by atoms with E-state index in [-0.39, 0.29) is 37.1 Å². The van der Waals surface area contributed by atoms with Crippen molar-refractivity contribution in [1.82, 2.24) is 60.0 Å². The zero-order valence-electron chi connectivity index (χ0n) is 58.4. The third-order valence-corrected chi connectivity index (χ3v) is 22.4. The summed E-state index contributed by atoms with van der Waals surface area (Å²) in [4.78, 5) is 6.78. The van der Waals surface area contributed by atoms with E-state index in [1.807, 2.05) is 28.2 Å². The SMILES string of the molecule is C.C.C.C.C.Cc1c(C)c(C)c2c(c1C)c(C)c(C)c1nn(C)nc12.Cc1c(C)c(C)c2c(c1C)c1nn(C)nc1c1c(C)c(C)c(C)c(C)c12.Cc1c(C)c(C)c2nn(C)nc2c1C.Cc1c(C)c2c(C)c(C)c3c(C)c(C)c(C)c4c5nn(C)nc5c(c1C)c2c34. The second kappa shape index (κ2) is 25.5. The Balaban J connectivity index is 0.000000198. The van der Waals surface area contributed by atoms with E-state index in [9.17, 15) is 0 Å². The zero-order chi connectivity index (χ0) is 64.5. The maximum Gasteiger partial charge on any atom is 0.122 e. The van der Waals surface area contributed by atoms with Gasteiger partial charge in [0.05, 0.1) is 0 Å². The van der Waals surface area contributed by atoms with Gasteiger partial charge in [-0.15, -0.1) is 0 Å². The third kappa shape index (κ3) is 10.4. The molecule has 0 radical (unpaired) electrons. The first-order chi connectivity index (χ1) is 41.2. The molecule has 4 heterocycles. The molecule has 93 heavy (non-hydrogen) atoms. The summed E-state index contributed by atoms with van der Waals surface area (Å²) in [6.07, 6.45) is 0. The second-order valence-electron chi connectivity index (χ2n) is 26.3. The number of hydrogen-bond acceptors (Lipinski definition) is 8. The van der Waals surface area contributed by atoms with Crippen LogP contribution in [0.1, 0.15) is 182 Å². The van der Waals surface area contributed by atoms with Gasteiger partial charge in [0.2, 0.25) is 0 Å². The van der Waals surface area contributed by atoms with Crippen molar-refractivity contribution in [2.24, 2.45) is 28.2 Å². The van der Waals surface area contributed by atoms with Crippen LogP contribution in [0, 0.1) is 180 Å². The minimum absolute atomic E-state index is 0. The van der Waals surface area contributed by atoms with Gasteiger partial charge in [0.15, 0.2) is 0 Å². The Labute approximate surface area is 555 Å². The number of rotatable bonds is 0. The van der Waals surface area contributed by atoms with Crippen molar-refractivity contribution in [2.75, 3.05) is 0 Å². The van der Waals surface area contributed by atoms with Crippen LogP contribution in [-0.4, -0.2) is 60.0 Å². The summed E-state index contributed by atoms with van der Waals surface area (Å²) in [5.41, 5.74) is 43.3. The number of nitrogens with zero attached hydrogens (tertiary/aromatic N) is 12. The molecule has 12 heteroatoms. The molecule has 12 nitrogen and oxygen atoms in total. The van der Waals surface area contributed by atoms with Gasteiger partial charge in [0, 0.05) is 65.9 Å². The molecule has 0 bridgehead atoms. The van der Waals surface area contributed by atoms with Crippen LogP contribution >= 0.6 is 0 Å². The van der Waals surface area contributed by atoms with E-state index in [2.05, 4.69) is 200 Å². The zero-order valence-corrected chi connectivity index (χ0v) is 58.4. The second-order valence-corrected chi connectivity index (χ2v) is 26.3. The molecule has 10 aromatic carbocycles. The molecule has 14 aromatic rings. The highest BCUT2D eigenvalue weighted by molar-refractivity contribution is 6.36. The van der Waals surface area contributed by atoms with Gasteiger partial charge in [-0.25, -0.2) is 0 Å². The molecule has 0 saturated heterocycles. The summed E-state index contributed by atoms with van der Waals surface area (Å²) in [6.45, 7) is 57.7. The van der Waals surface area contributed by atoms with Crippen molar-refractivity contribution in [3.05, 3.63) is 145 Å². The van der Waals surface area contributed by atoms with Crippen LogP contribution in [0.2, 0.25) is 0 Å². The van der Waals surface area contributed by atoms with E-state index in [1.54, 1.807) is 19.2 Å². The van der Waals surface area contributed by atoms with Crippen LogP contribution in [0.25, 0.3) is 109 Å². The van der Waals surface area contributed by atoms with E-state index < -0.39 is 0 Å².